The number of benzene rings is 1. The van der Waals surface area contributed by atoms with Crippen LogP contribution in [0.15, 0.2) is 52.1 Å². The van der Waals surface area contributed by atoms with Gasteiger partial charge in [-0.25, -0.2) is 4.99 Å². The molecule has 0 fully saturated rings. The molecule has 0 bridgehead atoms. The molecule has 2 aromatic rings. The van der Waals surface area contributed by atoms with Gasteiger partial charge in [0.05, 0.1) is 19.4 Å². The van der Waals surface area contributed by atoms with Crippen LogP contribution in [-0.4, -0.2) is 32.8 Å². The molecule has 2 N–H and O–H groups in total. The number of guanidine groups is 1. The first-order valence-corrected chi connectivity index (χ1v) is 9.01. The molecule has 2 rings (SSSR count). The summed E-state index contributed by atoms with van der Waals surface area (Å²) in [4.78, 5) is 4.67. The average Bonchev–Trinajstić information content (AvgIpc) is 3.17. The molecule has 0 saturated carbocycles. The lowest BCUT2D eigenvalue weighted by molar-refractivity contribution is 0.105. The zero-order valence-corrected chi connectivity index (χ0v) is 15.7. The minimum absolute atomic E-state index is 0.511. The number of aliphatic imine (C=N–C) groups is 1. The third kappa shape index (κ3) is 7.29. The van der Waals surface area contributed by atoms with Gasteiger partial charge in [0.1, 0.15) is 12.4 Å². The van der Waals surface area contributed by atoms with Crippen molar-refractivity contribution in [3.63, 3.8) is 0 Å². The van der Waals surface area contributed by atoms with Crippen molar-refractivity contribution in [1.29, 1.82) is 0 Å². The molecule has 1 aromatic carbocycles. The number of hydrogen-bond acceptors (Lipinski definition) is 4. The van der Waals surface area contributed by atoms with Crippen molar-refractivity contribution < 1.29 is 13.9 Å². The molecule has 0 aliphatic carbocycles. The quantitative estimate of drug-likeness (QED) is 0.367. The number of ether oxygens (including phenoxy) is 2. The van der Waals surface area contributed by atoms with Crippen molar-refractivity contribution in [2.75, 3.05) is 26.8 Å². The lowest BCUT2D eigenvalue weighted by atomic mass is 10.1. The number of nitrogens with one attached hydrogen (secondary N) is 2. The van der Waals surface area contributed by atoms with Gasteiger partial charge in [0.25, 0.3) is 0 Å². The van der Waals surface area contributed by atoms with Gasteiger partial charge < -0.3 is 24.5 Å². The van der Waals surface area contributed by atoms with Gasteiger partial charge in [-0.1, -0.05) is 24.3 Å². The smallest absolute Gasteiger partial charge is 0.191 e. The van der Waals surface area contributed by atoms with E-state index < -0.39 is 0 Å². The Kier molecular flexibility index (Phi) is 9.32. The van der Waals surface area contributed by atoms with Gasteiger partial charge in [0, 0.05) is 26.8 Å². The van der Waals surface area contributed by atoms with Crippen LogP contribution in [0, 0.1) is 0 Å². The van der Waals surface area contributed by atoms with E-state index in [9.17, 15) is 0 Å². The molecule has 0 atom stereocenters. The third-order valence-corrected chi connectivity index (χ3v) is 3.75. The van der Waals surface area contributed by atoms with E-state index in [4.69, 9.17) is 13.9 Å². The van der Waals surface area contributed by atoms with E-state index in [-0.39, 0.29) is 0 Å². The van der Waals surface area contributed by atoms with Crippen molar-refractivity contribution in [2.45, 2.75) is 33.1 Å². The summed E-state index contributed by atoms with van der Waals surface area (Å²) >= 11 is 0. The van der Waals surface area contributed by atoms with Crippen molar-refractivity contribution in [3.05, 3.63) is 59.5 Å². The second-order valence-corrected chi connectivity index (χ2v) is 5.81. The van der Waals surface area contributed by atoms with Crippen LogP contribution in [-0.2, 0) is 29.2 Å². The van der Waals surface area contributed by atoms with Crippen LogP contribution in [0.3, 0.4) is 0 Å². The van der Waals surface area contributed by atoms with Gasteiger partial charge in [-0.3, -0.25) is 0 Å². The number of hydrogen-bond donors (Lipinski definition) is 2. The van der Waals surface area contributed by atoms with E-state index in [0.29, 0.717) is 26.4 Å². The predicted octanol–water partition coefficient (Wildman–Crippen LogP) is 3.09. The molecule has 0 unspecified atom stereocenters. The first-order chi connectivity index (χ1) is 12.8. The largest absolute Gasteiger partial charge is 0.467 e. The van der Waals surface area contributed by atoms with E-state index in [2.05, 4.69) is 34.7 Å². The first-order valence-electron chi connectivity index (χ1n) is 9.01. The number of nitrogens with zero attached hydrogens (tertiary/aromatic N) is 1. The molecule has 0 radical (unpaired) electrons. The Hall–Kier alpha value is -2.31. The molecule has 0 spiro atoms. The zero-order valence-electron chi connectivity index (χ0n) is 15.7. The summed E-state index contributed by atoms with van der Waals surface area (Å²) in [5.74, 6) is 1.66. The normalized spacial score (nSPS) is 11.5. The molecule has 1 heterocycles. The second kappa shape index (κ2) is 12.1. The molecule has 0 amide bonds. The summed E-state index contributed by atoms with van der Waals surface area (Å²) in [5.41, 5.74) is 2.34. The molecule has 0 aliphatic rings. The topological polar surface area (TPSA) is 68.0 Å². The van der Waals surface area contributed by atoms with E-state index >= 15 is 0 Å². The Morgan fingerprint density at radius 3 is 2.65 bits per heavy atom. The van der Waals surface area contributed by atoms with Gasteiger partial charge in [0.2, 0.25) is 0 Å². The molecule has 0 aliphatic heterocycles. The Morgan fingerprint density at radius 1 is 1.08 bits per heavy atom. The number of methoxy groups -OCH3 is 1. The van der Waals surface area contributed by atoms with E-state index in [0.717, 1.165) is 31.2 Å². The molecule has 26 heavy (non-hydrogen) atoms. The van der Waals surface area contributed by atoms with Gasteiger partial charge >= 0.3 is 0 Å². The summed E-state index contributed by atoms with van der Waals surface area (Å²) in [7, 11) is 1.71. The summed E-state index contributed by atoms with van der Waals surface area (Å²) in [5, 5.41) is 6.61. The highest BCUT2D eigenvalue weighted by Crippen LogP contribution is 2.11. The van der Waals surface area contributed by atoms with Crippen molar-refractivity contribution in [2.24, 2.45) is 4.99 Å². The highest BCUT2D eigenvalue weighted by molar-refractivity contribution is 5.79. The van der Waals surface area contributed by atoms with Crippen LogP contribution < -0.4 is 10.6 Å². The summed E-state index contributed by atoms with van der Waals surface area (Å²) in [6, 6.07) is 12.0. The SMILES string of the molecule is CCNC(=NCc1ccccc1COC)NCCCOCc1ccco1. The Balaban J connectivity index is 1.74. The predicted molar refractivity (Wildman–Crippen MR) is 103 cm³/mol. The fraction of sp³-hybridized carbons (Fsp3) is 0.450. The maximum absolute atomic E-state index is 5.58. The number of furan rings is 1. The molecular formula is C20H29N3O3. The fourth-order valence-electron chi connectivity index (χ4n) is 2.46. The third-order valence-electron chi connectivity index (χ3n) is 3.75. The Bertz CT molecular complexity index is 642. The van der Waals surface area contributed by atoms with Crippen LogP contribution in [0.25, 0.3) is 0 Å². The zero-order chi connectivity index (χ0) is 18.5. The minimum atomic E-state index is 0.511. The van der Waals surface area contributed by atoms with Gasteiger partial charge in [-0.05, 0) is 36.6 Å². The molecule has 0 saturated heterocycles. The molecule has 6 heteroatoms. The standard InChI is InChI=1S/C20H29N3O3/c1-3-21-20(22-11-7-12-25-16-19-10-6-13-26-19)23-14-17-8-4-5-9-18(17)15-24-2/h4-6,8-10,13H,3,7,11-12,14-16H2,1-2H3,(H2,21,22,23). The summed E-state index contributed by atoms with van der Waals surface area (Å²) < 4.78 is 16.1. The summed E-state index contributed by atoms with van der Waals surface area (Å²) in [6.45, 7) is 6.07. The summed E-state index contributed by atoms with van der Waals surface area (Å²) in [6.07, 6.45) is 2.55. The monoisotopic (exact) mass is 359 g/mol. The lowest BCUT2D eigenvalue weighted by Crippen LogP contribution is -2.38. The maximum Gasteiger partial charge on any atom is 0.191 e. The van der Waals surface area contributed by atoms with E-state index in [1.54, 1.807) is 13.4 Å². The van der Waals surface area contributed by atoms with Gasteiger partial charge in [-0.2, -0.15) is 0 Å². The fourth-order valence-corrected chi connectivity index (χ4v) is 2.46. The Labute approximate surface area is 155 Å². The van der Waals surface area contributed by atoms with Crippen LogP contribution in [0.4, 0.5) is 0 Å². The van der Waals surface area contributed by atoms with E-state index in [1.807, 2.05) is 24.3 Å². The molecule has 6 nitrogen and oxygen atoms in total. The Morgan fingerprint density at radius 2 is 1.92 bits per heavy atom. The van der Waals surface area contributed by atoms with Crippen LogP contribution in [0.1, 0.15) is 30.2 Å². The number of rotatable bonds is 11. The first kappa shape index (κ1) is 20.0. The highest BCUT2D eigenvalue weighted by atomic mass is 16.5. The second-order valence-electron chi connectivity index (χ2n) is 5.81. The van der Waals surface area contributed by atoms with E-state index in [1.165, 1.54) is 11.1 Å². The van der Waals surface area contributed by atoms with Crippen molar-refractivity contribution in [1.82, 2.24) is 10.6 Å². The van der Waals surface area contributed by atoms with Crippen molar-refractivity contribution >= 4 is 5.96 Å². The van der Waals surface area contributed by atoms with Crippen LogP contribution in [0.5, 0.6) is 0 Å². The minimum Gasteiger partial charge on any atom is -0.467 e. The molecular weight excluding hydrogens is 330 g/mol. The maximum atomic E-state index is 5.58. The van der Waals surface area contributed by atoms with Crippen LogP contribution >= 0.6 is 0 Å². The molecule has 1 aromatic heterocycles. The van der Waals surface area contributed by atoms with Gasteiger partial charge in [0.15, 0.2) is 5.96 Å². The van der Waals surface area contributed by atoms with Crippen LogP contribution in [0.2, 0.25) is 0 Å². The van der Waals surface area contributed by atoms with Crippen molar-refractivity contribution in [3.8, 4) is 0 Å². The molecule has 142 valence electrons. The van der Waals surface area contributed by atoms with Gasteiger partial charge in [-0.15, -0.1) is 0 Å². The lowest BCUT2D eigenvalue weighted by Gasteiger charge is -2.12. The average molecular weight is 359 g/mol. The highest BCUT2D eigenvalue weighted by Gasteiger charge is 2.02.